The van der Waals surface area contributed by atoms with Gasteiger partial charge in [-0.05, 0) is 49.7 Å². The van der Waals surface area contributed by atoms with Gasteiger partial charge in [0.15, 0.2) is 6.61 Å². The molecule has 29 heavy (non-hydrogen) atoms. The van der Waals surface area contributed by atoms with Gasteiger partial charge in [-0.1, -0.05) is 19.1 Å². The minimum atomic E-state index is -0.178. The van der Waals surface area contributed by atoms with Crippen LogP contribution in [0.25, 0.3) is 10.9 Å². The van der Waals surface area contributed by atoms with Crippen LogP contribution in [0.3, 0.4) is 0 Å². The van der Waals surface area contributed by atoms with E-state index in [4.69, 9.17) is 9.47 Å². The highest BCUT2D eigenvalue weighted by Crippen LogP contribution is 2.24. The number of nitrogens with zero attached hydrogens (tertiary/aromatic N) is 2. The van der Waals surface area contributed by atoms with Gasteiger partial charge in [0, 0.05) is 30.7 Å². The van der Waals surface area contributed by atoms with Crippen molar-refractivity contribution in [3.63, 3.8) is 0 Å². The Morgan fingerprint density at radius 3 is 2.45 bits per heavy atom. The Hall–Kier alpha value is -3.28. The number of pyridine rings is 1. The highest BCUT2D eigenvalue weighted by Gasteiger charge is 2.17. The molecule has 0 aliphatic carbocycles. The van der Waals surface area contributed by atoms with Crippen molar-refractivity contribution in [2.45, 2.75) is 20.3 Å². The fourth-order valence-corrected chi connectivity index (χ4v) is 3.23. The van der Waals surface area contributed by atoms with E-state index < -0.39 is 0 Å². The third-order valence-corrected chi connectivity index (χ3v) is 4.67. The Bertz CT molecular complexity index is 1040. The number of hydrogen-bond acceptors (Lipinski definition) is 4. The van der Waals surface area contributed by atoms with Gasteiger partial charge >= 0.3 is 0 Å². The predicted molar refractivity (Wildman–Crippen MR) is 115 cm³/mol. The molecule has 0 radical (unpaired) electrons. The zero-order valence-corrected chi connectivity index (χ0v) is 17.1. The molecule has 0 atom stereocenters. The maximum absolute atomic E-state index is 12.9. The molecular formula is C23H26N2O4. The van der Waals surface area contributed by atoms with Crippen LogP contribution < -0.4 is 19.9 Å². The minimum Gasteiger partial charge on any atom is -0.494 e. The number of aryl methyl sites for hydroxylation is 1. The van der Waals surface area contributed by atoms with Crippen molar-refractivity contribution in [1.29, 1.82) is 0 Å². The Balaban J connectivity index is 1.80. The average molecular weight is 394 g/mol. The lowest BCUT2D eigenvalue weighted by Gasteiger charge is -2.23. The predicted octanol–water partition coefficient (Wildman–Crippen LogP) is 3.76. The number of carbonyl (C=O) groups excluding carboxylic acids is 1. The lowest BCUT2D eigenvalue weighted by atomic mass is 10.2. The fraction of sp³-hybridized carbons (Fsp3) is 0.304. The highest BCUT2D eigenvalue weighted by atomic mass is 16.5. The SMILES string of the molecule is CCCN(C(=O)COc1cc(=O)n(C)c2ccccc12)c1ccc(OCC)cc1. The first-order valence-electron chi connectivity index (χ1n) is 9.80. The third-order valence-electron chi connectivity index (χ3n) is 4.67. The number of ether oxygens (including phenoxy) is 2. The molecule has 1 amide bonds. The zero-order valence-electron chi connectivity index (χ0n) is 17.1. The van der Waals surface area contributed by atoms with Gasteiger partial charge in [-0.2, -0.15) is 0 Å². The largest absolute Gasteiger partial charge is 0.494 e. The van der Waals surface area contributed by atoms with Crippen molar-refractivity contribution < 1.29 is 14.3 Å². The first kappa shape index (κ1) is 20.5. The van der Waals surface area contributed by atoms with Crippen LogP contribution in [0, 0.1) is 0 Å². The van der Waals surface area contributed by atoms with Gasteiger partial charge in [0.1, 0.15) is 11.5 Å². The first-order valence-corrected chi connectivity index (χ1v) is 9.80. The number of aromatic nitrogens is 1. The number of amides is 1. The van der Waals surface area contributed by atoms with E-state index in [0.717, 1.165) is 28.8 Å². The average Bonchev–Trinajstić information content (AvgIpc) is 2.74. The van der Waals surface area contributed by atoms with E-state index in [0.29, 0.717) is 18.9 Å². The summed E-state index contributed by atoms with van der Waals surface area (Å²) in [5, 5.41) is 0.797. The molecule has 2 aromatic carbocycles. The summed E-state index contributed by atoms with van der Waals surface area (Å²) in [6.07, 6.45) is 0.813. The summed E-state index contributed by atoms with van der Waals surface area (Å²) in [4.78, 5) is 26.8. The summed E-state index contributed by atoms with van der Waals surface area (Å²) >= 11 is 0. The smallest absolute Gasteiger partial charge is 0.264 e. The number of para-hydroxylation sites is 1. The second-order valence-corrected chi connectivity index (χ2v) is 6.68. The molecule has 6 heteroatoms. The summed E-state index contributed by atoms with van der Waals surface area (Å²) in [5.74, 6) is 1.02. The number of rotatable bonds is 8. The van der Waals surface area contributed by atoms with Gasteiger partial charge in [-0.25, -0.2) is 0 Å². The molecule has 0 unspecified atom stereocenters. The molecule has 0 saturated heterocycles. The molecule has 0 saturated carbocycles. The van der Waals surface area contributed by atoms with Gasteiger partial charge < -0.3 is 18.9 Å². The van der Waals surface area contributed by atoms with E-state index in [9.17, 15) is 9.59 Å². The quantitative estimate of drug-likeness (QED) is 0.584. The standard InChI is InChI=1S/C23H26N2O4/c1-4-14-25(17-10-12-18(13-11-17)28-5-2)23(27)16-29-21-15-22(26)24(3)20-9-7-6-8-19(20)21/h6-13,15H,4-5,14,16H2,1-3H3. The topological polar surface area (TPSA) is 60.8 Å². The summed E-state index contributed by atoms with van der Waals surface area (Å²) in [7, 11) is 1.72. The van der Waals surface area contributed by atoms with Crippen LogP contribution in [-0.2, 0) is 11.8 Å². The molecule has 0 spiro atoms. The number of carbonyl (C=O) groups is 1. The van der Waals surface area contributed by atoms with Crippen LogP contribution in [-0.4, -0.2) is 30.2 Å². The Morgan fingerprint density at radius 2 is 1.76 bits per heavy atom. The second kappa shape index (κ2) is 9.28. The maximum Gasteiger partial charge on any atom is 0.264 e. The molecule has 3 aromatic rings. The Labute approximate surface area is 170 Å². The molecule has 6 nitrogen and oxygen atoms in total. The van der Waals surface area contributed by atoms with E-state index in [1.165, 1.54) is 6.07 Å². The Morgan fingerprint density at radius 1 is 1.03 bits per heavy atom. The van der Waals surface area contributed by atoms with Crippen LogP contribution >= 0.6 is 0 Å². The summed E-state index contributed by atoms with van der Waals surface area (Å²) in [5.41, 5.74) is 1.38. The van der Waals surface area contributed by atoms with Crippen molar-refractivity contribution in [1.82, 2.24) is 4.57 Å². The molecular weight excluding hydrogens is 368 g/mol. The van der Waals surface area contributed by atoms with Crippen LogP contribution in [0.15, 0.2) is 59.4 Å². The first-order chi connectivity index (χ1) is 14.0. The van der Waals surface area contributed by atoms with E-state index in [1.54, 1.807) is 16.5 Å². The van der Waals surface area contributed by atoms with Gasteiger partial charge in [0.25, 0.3) is 11.5 Å². The van der Waals surface area contributed by atoms with Gasteiger partial charge in [0.2, 0.25) is 0 Å². The fourth-order valence-electron chi connectivity index (χ4n) is 3.23. The van der Waals surface area contributed by atoms with E-state index in [-0.39, 0.29) is 18.1 Å². The summed E-state index contributed by atoms with van der Waals surface area (Å²) in [6, 6.07) is 16.3. The van der Waals surface area contributed by atoms with Gasteiger partial charge in [-0.3, -0.25) is 9.59 Å². The highest BCUT2D eigenvalue weighted by molar-refractivity contribution is 5.95. The molecule has 3 rings (SSSR count). The molecule has 1 heterocycles. The van der Waals surface area contributed by atoms with Crippen LogP contribution in [0.4, 0.5) is 5.69 Å². The molecule has 0 N–H and O–H groups in total. The van der Waals surface area contributed by atoms with Crippen LogP contribution in [0.5, 0.6) is 11.5 Å². The number of anilines is 1. The van der Waals surface area contributed by atoms with E-state index in [2.05, 4.69) is 0 Å². The summed E-state index contributed by atoms with van der Waals surface area (Å²) in [6.45, 7) is 4.97. The third kappa shape index (κ3) is 4.59. The summed E-state index contributed by atoms with van der Waals surface area (Å²) < 4.78 is 12.8. The van der Waals surface area contributed by atoms with Crippen molar-refractivity contribution in [3.05, 3.63) is 65.0 Å². The van der Waals surface area contributed by atoms with Crippen molar-refractivity contribution in [3.8, 4) is 11.5 Å². The molecule has 1 aromatic heterocycles. The van der Waals surface area contributed by atoms with E-state index >= 15 is 0 Å². The normalized spacial score (nSPS) is 10.7. The molecule has 152 valence electrons. The Kier molecular flexibility index (Phi) is 6.54. The van der Waals surface area contributed by atoms with Gasteiger partial charge in [-0.15, -0.1) is 0 Å². The van der Waals surface area contributed by atoms with Crippen molar-refractivity contribution >= 4 is 22.5 Å². The maximum atomic E-state index is 12.9. The number of benzene rings is 2. The van der Waals surface area contributed by atoms with Crippen LogP contribution in [0.2, 0.25) is 0 Å². The van der Waals surface area contributed by atoms with Gasteiger partial charge in [0.05, 0.1) is 12.1 Å². The monoisotopic (exact) mass is 394 g/mol. The molecule has 0 bridgehead atoms. The number of hydrogen-bond donors (Lipinski definition) is 0. The lowest BCUT2D eigenvalue weighted by Crippen LogP contribution is -2.35. The van der Waals surface area contributed by atoms with Crippen LogP contribution in [0.1, 0.15) is 20.3 Å². The number of fused-ring (bicyclic) bond motifs is 1. The molecule has 0 aliphatic heterocycles. The molecule has 0 fully saturated rings. The van der Waals surface area contributed by atoms with Crippen molar-refractivity contribution in [2.75, 3.05) is 24.7 Å². The zero-order chi connectivity index (χ0) is 20.8. The van der Waals surface area contributed by atoms with Crippen molar-refractivity contribution in [2.24, 2.45) is 7.05 Å². The minimum absolute atomic E-state index is 0.148. The molecule has 0 aliphatic rings. The lowest BCUT2D eigenvalue weighted by molar-refractivity contribution is -0.120. The second-order valence-electron chi connectivity index (χ2n) is 6.68. The van der Waals surface area contributed by atoms with E-state index in [1.807, 2.05) is 62.4 Å².